The first-order valence-corrected chi connectivity index (χ1v) is 10.6. The molecule has 1 aromatic carbocycles. The minimum atomic E-state index is -0.271. The molecular weight excluding hydrogens is 374 g/mol. The van der Waals surface area contributed by atoms with E-state index in [1.165, 1.54) is 17.7 Å². The van der Waals surface area contributed by atoms with Gasteiger partial charge in [0.15, 0.2) is 0 Å². The lowest BCUT2D eigenvalue weighted by atomic mass is 10.2. The van der Waals surface area contributed by atoms with Crippen LogP contribution in [-0.4, -0.2) is 49.5 Å². The molecule has 0 bridgehead atoms. The third kappa shape index (κ3) is 5.56. The summed E-state index contributed by atoms with van der Waals surface area (Å²) in [4.78, 5) is 28.1. The summed E-state index contributed by atoms with van der Waals surface area (Å²) in [6.07, 6.45) is 2.40. The molecule has 1 fully saturated rings. The van der Waals surface area contributed by atoms with E-state index < -0.39 is 0 Å². The Morgan fingerprint density at radius 3 is 2.54 bits per heavy atom. The summed E-state index contributed by atoms with van der Waals surface area (Å²) in [6, 6.07) is 11.3. The van der Waals surface area contributed by atoms with Crippen LogP contribution in [0.2, 0.25) is 0 Å². The van der Waals surface area contributed by atoms with Gasteiger partial charge >= 0.3 is 0 Å². The molecule has 1 aliphatic heterocycles. The van der Waals surface area contributed by atoms with Gasteiger partial charge in [0.05, 0.1) is 19.2 Å². The number of nitrogens with one attached hydrogen (secondary N) is 2. The highest BCUT2D eigenvalue weighted by Gasteiger charge is 2.24. The van der Waals surface area contributed by atoms with Crippen molar-refractivity contribution in [3.63, 3.8) is 0 Å². The number of carbonyl (C=O) groups is 2. The molecule has 7 heteroatoms. The van der Waals surface area contributed by atoms with E-state index in [1.807, 2.05) is 13.0 Å². The first-order chi connectivity index (χ1) is 13.7. The van der Waals surface area contributed by atoms with Gasteiger partial charge in [-0.1, -0.05) is 6.07 Å². The Bertz CT molecular complexity index is 756. The second-order valence-electron chi connectivity index (χ2n) is 6.72. The number of carbonyl (C=O) groups excluding carboxylic acids is 2. The van der Waals surface area contributed by atoms with Crippen LogP contribution in [0.3, 0.4) is 0 Å². The van der Waals surface area contributed by atoms with Gasteiger partial charge in [0.25, 0.3) is 5.91 Å². The second kappa shape index (κ2) is 10.2. The maximum atomic E-state index is 12.2. The molecule has 0 aliphatic carbocycles. The lowest BCUT2D eigenvalue weighted by Gasteiger charge is -2.26. The fourth-order valence-corrected chi connectivity index (χ4v) is 4.21. The zero-order valence-corrected chi connectivity index (χ0v) is 17.0. The lowest BCUT2D eigenvalue weighted by Crippen LogP contribution is -2.41. The number of hydrogen-bond donors (Lipinski definition) is 2. The monoisotopic (exact) mass is 401 g/mol. The van der Waals surface area contributed by atoms with Crippen LogP contribution in [-0.2, 0) is 4.79 Å². The number of hydrogen-bond acceptors (Lipinski definition) is 5. The van der Waals surface area contributed by atoms with Crippen molar-refractivity contribution in [2.45, 2.75) is 25.8 Å². The highest BCUT2D eigenvalue weighted by atomic mass is 32.1. The zero-order valence-electron chi connectivity index (χ0n) is 16.1. The third-order valence-electron chi connectivity index (χ3n) is 4.78. The molecule has 1 saturated heterocycles. The third-order valence-corrected chi connectivity index (χ3v) is 5.76. The summed E-state index contributed by atoms with van der Waals surface area (Å²) < 4.78 is 5.37. The van der Waals surface area contributed by atoms with E-state index in [0.717, 1.165) is 18.8 Å². The second-order valence-corrected chi connectivity index (χ2v) is 7.70. The maximum absolute atomic E-state index is 12.2. The van der Waals surface area contributed by atoms with Gasteiger partial charge in [0.1, 0.15) is 5.75 Å². The Labute approximate surface area is 169 Å². The van der Waals surface area contributed by atoms with Crippen molar-refractivity contribution in [2.24, 2.45) is 0 Å². The summed E-state index contributed by atoms with van der Waals surface area (Å²) in [7, 11) is 0. The van der Waals surface area contributed by atoms with Crippen molar-refractivity contribution in [1.82, 2.24) is 15.5 Å². The topological polar surface area (TPSA) is 70.7 Å². The number of thiophene rings is 1. The molecule has 1 unspecified atom stereocenters. The fraction of sp³-hybridized carbons (Fsp3) is 0.429. The van der Waals surface area contributed by atoms with E-state index in [4.69, 9.17) is 4.74 Å². The molecule has 6 nitrogen and oxygen atoms in total. The molecule has 3 rings (SSSR count). The summed E-state index contributed by atoms with van der Waals surface area (Å²) >= 11 is 1.72. The normalized spacial score (nSPS) is 15.2. The highest BCUT2D eigenvalue weighted by Crippen LogP contribution is 2.27. The zero-order chi connectivity index (χ0) is 19.8. The molecule has 1 aliphatic rings. The fourth-order valence-electron chi connectivity index (χ4n) is 3.35. The molecule has 0 radical (unpaired) electrons. The maximum Gasteiger partial charge on any atom is 0.251 e. The Kier molecular flexibility index (Phi) is 7.45. The standard InChI is InChI=1S/C21H27N3O3S/c1-2-27-17-9-7-16(8-10-17)21(26)23-15-20(25)22-14-18(19-6-5-13-28-19)24-11-3-4-12-24/h5-10,13,18H,2-4,11-12,14-15H2,1H3,(H,22,25)(H,23,26). The lowest BCUT2D eigenvalue weighted by molar-refractivity contribution is -0.120. The first kappa shape index (κ1) is 20.4. The summed E-state index contributed by atoms with van der Waals surface area (Å²) in [5.74, 6) is 0.269. The molecule has 2 aromatic rings. The Balaban J connectivity index is 1.47. The van der Waals surface area contributed by atoms with Crippen molar-refractivity contribution in [1.29, 1.82) is 0 Å². The molecule has 150 valence electrons. The van der Waals surface area contributed by atoms with E-state index in [2.05, 4.69) is 27.0 Å². The Morgan fingerprint density at radius 1 is 1.14 bits per heavy atom. The van der Waals surface area contributed by atoms with Crippen LogP contribution in [0.4, 0.5) is 0 Å². The predicted molar refractivity (Wildman–Crippen MR) is 111 cm³/mol. The minimum absolute atomic E-state index is 0.0385. The molecule has 28 heavy (non-hydrogen) atoms. The van der Waals surface area contributed by atoms with Gasteiger partial charge in [-0.15, -0.1) is 11.3 Å². The van der Waals surface area contributed by atoms with Crippen molar-refractivity contribution in [3.05, 3.63) is 52.2 Å². The highest BCUT2D eigenvalue weighted by molar-refractivity contribution is 7.10. The predicted octanol–water partition coefficient (Wildman–Crippen LogP) is 2.83. The van der Waals surface area contributed by atoms with Crippen LogP contribution in [0, 0.1) is 0 Å². The summed E-state index contributed by atoms with van der Waals surface area (Å²) in [6.45, 7) is 5.13. The molecular formula is C21H27N3O3S. The van der Waals surface area contributed by atoms with Crippen LogP contribution >= 0.6 is 11.3 Å². The van der Waals surface area contributed by atoms with Crippen LogP contribution in [0.15, 0.2) is 41.8 Å². The Morgan fingerprint density at radius 2 is 1.89 bits per heavy atom. The van der Waals surface area contributed by atoms with Crippen LogP contribution in [0.1, 0.15) is 41.0 Å². The van der Waals surface area contributed by atoms with Gasteiger partial charge in [-0.2, -0.15) is 0 Å². The van der Waals surface area contributed by atoms with Crippen molar-refractivity contribution in [3.8, 4) is 5.75 Å². The van der Waals surface area contributed by atoms with Gasteiger partial charge in [-0.25, -0.2) is 0 Å². The number of ether oxygens (including phenoxy) is 1. The van der Waals surface area contributed by atoms with E-state index >= 15 is 0 Å². The average molecular weight is 402 g/mol. The molecule has 1 atom stereocenters. The number of rotatable bonds is 9. The summed E-state index contributed by atoms with van der Waals surface area (Å²) in [5.41, 5.74) is 0.504. The van der Waals surface area contributed by atoms with E-state index in [1.54, 1.807) is 35.6 Å². The van der Waals surface area contributed by atoms with Gasteiger partial charge in [-0.05, 0) is 68.6 Å². The van der Waals surface area contributed by atoms with Crippen molar-refractivity contribution >= 4 is 23.2 Å². The minimum Gasteiger partial charge on any atom is -0.494 e. The smallest absolute Gasteiger partial charge is 0.251 e. The van der Waals surface area contributed by atoms with Crippen LogP contribution < -0.4 is 15.4 Å². The summed E-state index contributed by atoms with van der Waals surface area (Å²) in [5, 5.41) is 7.71. The SMILES string of the molecule is CCOc1ccc(C(=O)NCC(=O)NCC(c2cccs2)N2CCCC2)cc1. The number of benzene rings is 1. The quantitative estimate of drug-likeness (QED) is 0.678. The molecule has 1 aromatic heterocycles. The number of nitrogens with zero attached hydrogens (tertiary/aromatic N) is 1. The van der Waals surface area contributed by atoms with Gasteiger partial charge in [0.2, 0.25) is 5.91 Å². The largest absolute Gasteiger partial charge is 0.494 e. The molecule has 2 heterocycles. The van der Waals surface area contributed by atoms with E-state index in [0.29, 0.717) is 18.7 Å². The van der Waals surface area contributed by atoms with Crippen LogP contribution in [0.25, 0.3) is 0 Å². The van der Waals surface area contributed by atoms with E-state index in [-0.39, 0.29) is 24.4 Å². The van der Waals surface area contributed by atoms with Gasteiger partial charge in [0, 0.05) is 17.0 Å². The van der Waals surface area contributed by atoms with Crippen molar-refractivity contribution < 1.29 is 14.3 Å². The number of likely N-dealkylation sites (tertiary alicyclic amines) is 1. The van der Waals surface area contributed by atoms with E-state index in [9.17, 15) is 9.59 Å². The molecule has 2 amide bonds. The van der Waals surface area contributed by atoms with Crippen LogP contribution in [0.5, 0.6) is 5.75 Å². The molecule has 0 spiro atoms. The number of amides is 2. The van der Waals surface area contributed by atoms with Gasteiger partial charge in [-0.3, -0.25) is 14.5 Å². The van der Waals surface area contributed by atoms with Gasteiger partial charge < -0.3 is 15.4 Å². The Hall–Kier alpha value is -2.38. The molecule has 0 saturated carbocycles. The van der Waals surface area contributed by atoms with Crippen molar-refractivity contribution in [2.75, 3.05) is 32.8 Å². The first-order valence-electron chi connectivity index (χ1n) is 9.72. The average Bonchev–Trinajstić information content (AvgIpc) is 3.42. The molecule has 2 N–H and O–H groups in total.